The Kier molecular flexibility index (Phi) is 2.32. The van der Waals surface area contributed by atoms with Gasteiger partial charge in [0, 0.05) is 12.5 Å². The Hall–Kier alpha value is -1.62. The van der Waals surface area contributed by atoms with Gasteiger partial charge in [0.2, 0.25) is 6.29 Å². The molecule has 1 saturated heterocycles. The van der Waals surface area contributed by atoms with E-state index < -0.39 is 4.92 Å². The molecular weight excluding hydrogens is 186 g/mol. The average molecular weight is 195 g/mol. The Morgan fingerprint density at radius 2 is 2.36 bits per heavy atom. The molecule has 1 aliphatic heterocycles. The molecule has 1 atom stereocenters. The highest BCUT2D eigenvalue weighted by molar-refractivity contribution is 5.37. The number of hydrogen-bond acceptors (Lipinski definition) is 4. The summed E-state index contributed by atoms with van der Waals surface area (Å²) in [7, 11) is 0. The molecule has 1 aromatic carbocycles. The van der Waals surface area contributed by atoms with Crippen molar-refractivity contribution < 1.29 is 14.4 Å². The molecule has 0 aromatic heterocycles. The van der Waals surface area contributed by atoms with Gasteiger partial charge in [-0.05, 0) is 6.07 Å². The Morgan fingerprint density at radius 1 is 1.57 bits per heavy atom. The van der Waals surface area contributed by atoms with Gasteiger partial charge in [0.25, 0.3) is 5.69 Å². The highest BCUT2D eigenvalue weighted by Gasteiger charge is 2.20. The fourth-order valence-corrected chi connectivity index (χ4v) is 1.13. The molecule has 0 saturated carbocycles. The molecule has 0 radical (unpaired) electrons. The van der Waals surface area contributed by atoms with Gasteiger partial charge < -0.3 is 9.47 Å². The van der Waals surface area contributed by atoms with Crippen molar-refractivity contribution in [2.45, 2.75) is 12.7 Å². The van der Waals surface area contributed by atoms with E-state index in [9.17, 15) is 10.1 Å². The van der Waals surface area contributed by atoms with Crippen LogP contribution in [0.4, 0.5) is 5.69 Å². The average Bonchev–Trinajstić information content (AvgIpc) is 2.12. The minimum atomic E-state index is -0.450. The molecule has 0 amide bonds. The molecule has 5 nitrogen and oxygen atoms in total. The van der Waals surface area contributed by atoms with Crippen LogP contribution in [0, 0.1) is 10.1 Å². The fraction of sp³-hybridized carbons (Fsp3) is 0.333. The SMILES string of the molecule is O=[N+]([O-])c1cccc(OC2CCO2)c1. The lowest BCUT2D eigenvalue weighted by atomic mass is 10.3. The maximum Gasteiger partial charge on any atom is 0.273 e. The van der Waals surface area contributed by atoms with Crippen LogP contribution in [0.1, 0.15) is 6.42 Å². The van der Waals surface area contributed by atoms with Crippen molar-refractivity contribution >= 4 is 5.69 Å². The molecule has 1 aliphatic rings. The van der Waals surface area contributed by atoms with Crippen molar-refractivity contribution in [3.8, 4) is 5.75 Å². The zero-order chi connectivity index (χ0) is 9.97. The van der Waals surface area contributed by atoms with E-state index in [-0.39, 0.29) is 12.0 Å². The zero-order valence-corrected chi connectivity index (χ0v) is 7.38. The molecule has 0 spiro atoms. The molecule has 1 aromatic rings. The molecule has 0 aliphatic carbocycles. The lowest BCUT2D eigenvalue weighted by molar-refractivity contribution is -0.385. The summed E-state index contributed by atoms with van der Waals surface area (Å²) in [4.78, 5) is 9.99. The molecule has 1 unspecified atom stereocenters. The molecule has 14 heavy (non-hydrogen) atoms. The maximum atomic E-state index is 10.4. The van der Waals surface area contributed by atoms with Gasteiger partial charge in [-0.25, -0.2) is 0 Å². The molecule has 2 rings (SSSR count). The van der Waals surface area contributed by atoms with Crippen LogP contribution in [0.25, 0.3) is 0 Å². The second kappa shape index (κ2) is 3.63. The monoisotopic (exact) mass is 195 g/mol. The third-order valence-corrected chi connectivity index (χ3v) is 1.95. The standard InChI is InChI=1S/C9H9NO4/c11-10(12)7-2-1-3-8(6-7)14-9-4-5-13-9/h1-3,6,9H,4-5H2. The summed E-state index contributed by atoms with van der Waals surface area (Å²) in [5.41, 5.74) is 0.0295. The van der Waals surface area contributed by atoms with E-state index in [2.05, 4.69) is 0 Å². The summed E-state index contributed by atoms with van der Waals surface area (Å²) in [5.74, 6) is 0.476. The van der Waals surface area contributed by atoms with Gasteiger partial charge in [0.05, 0.1) is 17.6 Å². The normalized spacial score (nSPS) is 19.9. The Bertz CT molecular complexity index is 348. The number of nitrogens with zero attached hydrogens (tertiary/aromatic N) is 1. The highest BCUT2D eigenvalue weighted by atomic mass is 16.7. The van der Waals surface area contributed by atoms with Crippen molar-refractivity contribution in [1.29, 1.82) is 0 Å². The van der Waals surface area contributed by atoms with Gasteiger partial charge in [-0.15, -0.1) is 0 Å². The van der Waals surface area contributed by atoms with E-state index in [1.165, 1.54) is 12.1 Å². The van der Waals surface area contributed by atoms with Crippen LogP contribution in [-0.2, 0) is 4.74 Å². The van der Waals surface area contributed by atoms with E-state index in [0.717, 1.165) is 6.42 Å². The van der Waals surface area contributed by atoms with E-state index in [1.807, 2.05) is 0 Å². The van der Waals surface area contributed by atoms with Gasteiger partial charge >= 0.3 is 0 Å². The molecule has 0 bridgehead atoms. The van der Waals surface area contributed by atoms with Crippen molar-refractivity contribution in [3.05, 3.63) is 34.4 Å². The third kappa shape index (κ3) is 1.82. The Balaban J connectivity index is 2.09. The minimum Gasteiger partial charge on any atom is -0.465 e. The van der Waals surface area contributed by atoms with Crippen molar-refractivity contribution in [3.63, 3.8) is 0 Å². The van der Waals surface area contributed by atoms with E-state index in [1.54, 1.807) is 12.1 Å². The Morgan fingerprint density at radius 3 is 2.93 bits per heavy atom. The van der Waals surface area contributed by atoms with Crippen LogP contribution in [0.3, 0.4) is 0 Å². The lowest BCUT2D eigenvalue weighted by Gasteiger charge is -2.26. The molecule has 74 valence electrons. The van der Waals surface area contributed by atoms with Gasteiger partial charge in [-0.2, -0.15) is 0 Å². The summed E-state index contributed by atoms with van der Waals surface area (Å²) < 4.78 is 10.4. The first-order valence-corrected chi connectivity index (χ1v) is 4.28. The van der Waals surface area contributed by atoms with Crippen LogP contribution < -0.4 is 4.74 Å². The first-order valence-electron chi connectivity index (χ1n) is 4.28. The van der Waals surface area contributed by atoms with Crippen LogP contribution >= 0.6 is 0 Å². The lowest BCUT2D eigenvalue weighted by Crippen LogP contribution is -2.32. The largest absolute Gasteiger partial charge is 0.465 e. The molecule has 0 N–H and O–H groups in total. The summed E-state index contributed by atoms with van der Waals surface area (Å²) in [6.07, 6.45) is 0.597. The number of non-ortho nitro benzene ring substituents is 1. The summed E-state index contributed by atoms with van der Waals surface area (Å²) in [6.45, 7) is 0.694. The van der Waals surface area contributed by atoms with Gasteiger partial charge in [0.15, 0.2) is 0 Å². The van der Waals surface area contributed by atoms with Gasteiger partial charge in [0.1, 0.15) is 5.75 Å². The predicted octanol–water partition coefficient (Wildman–Crippen LogP) is 1.72. The predicted molar refractivity (Wildman–Crippen MR) is 48.1 cm³/mol. The maximum absolute atomic E-state index is 10.4. The zero-order valence-electron chi connectivity index (χ0n) is 7.38. The second-order valence-corrected chi connectivity index (χ2v) is 2.96. The first kappa shape index (κ1) is 8.96. The van der Waals surface area contributed by atoms with Crippen LogP contribution in [0.2, 0.25) is 0 Å². The van der Waals surface area contributed by atoms with E-state index in [4.69, 9.17) is 9.47 Å². The topological polar surface area (TPSA) is 61.6 Å². The van der Waals surface area contributed by atoms with E-state index >= 15 is 0 Å². The first-order chi connectivity index (χ1) is 6.75. The molecule has 1 fully saturated rings. The minimum absolute atomic E-state index is 0.0295. The van der Waals surface area contributed by atoms with Gasteiger partial charge in [-0.3, -0.25) is 10.1 Å². The number of ether oxygens (including phenoxy) is 2. The quantitative estimate of drug-likeness (QED) is 0.544. The summed E-state index contributed by atoms with van der Waals surface area (Å²) >= 11 is 0. The number of hydrogen-bond donors (Lipinski definition) is 0. The third-order valence-electron chi connectivity index (χ3n) is 1.95. The van der Waals surface area contributed by atoms with Crippen molar-refractivity contribution in [2.75, 3.05) is 6.61 Å². The second-order valence-electron chi connectivity index (χ2n) is 2.96. The number of nitro benzene ring substituents is 1. The van der Waals surface area contributed by atoms with Crippen LogP contribution in [0.15, 0.2) is 24.3 Å². The van der Waals surface area contributed by atoms with Crippen LogP contribution in [-0.4, -0.2) is 17.8 Å². The summed E-state index contributed by atoms with van der Waals surface area (Å²) in [6, 6.07) is 6.08. The van der Waals surface area contributed by atoms with Gasteiger partial charge in [-0.1, -0.05) is 6.07 Å². The number of rotatable bonds is 3. The Labute approximate surface area is 80.4 Å². The van der Waals surface area contributed by atoms with E-state index in [0.29, 0.717) is 12.4 Å². The number of benzene rings is 1. The highest BCUT2D eigenvalue weighted by Crippen LogP contribution is 2.23. The molecule has 5 heteroatoms. The van der Waals surface area contributed by atoms with Crippen molar-refractivity contribution in [1.82, 2.24) is 0 Å². The fourth-order valence-electron chi connectivity index (χ4n) is 1.13. The molecular formula is C9H9NO4. The summed E-state index contributed by atoms with van der Waals surface area (Å²) in [5, 5.41) is 10.4. The van der Waals surface area contributed by atoms with Crippen molar-refractivity contribution in [2.24, 2.45) is 0 Å². The van der Waals surface area contributed by atoms with Crippen LogP contribution in [0.5, 0.6) is 5.75 Å². The molecule has 1 heterocycles. The smallest absolute Gasteiger partial charge is 0.273 e. The number of nitro groups is 1.